The van der Waals surface area contributed by atoms with Crippen molar-refractivity contribution in [1.29, 1.82) is 0 Å². The molecule has 24 heavy (non-hydrogen) atoms. The molecule has 1 aromatic rings. The summed E-state index contributed by atoms with van der Waals surface area (Å²) in [6, 6.07) is 7.84. The van der Waals surface area contributed by atoms with Crippen LogP contribution in [-0.2, 0) is 16.0 Å². The lowest BCUT2D eigenvalue weighted by Crippen LogP contribution is -2.40. The van der Waals surface area contributed by atoms with Crippen LogP contribution in [-0.4, -0.2) is 68.0 Å². The number of nitrogens with one attached hydrogen (secondary N) is 1. The van der Waals surface area contributed by atoms with Crippen molar-refractivity contribution >= 4 is 11.8 Å². The standard InChI is InChI=1S/C18H27N3O3/c1-15(22)21-11-5-10-20(12-13-21)14-18(23)19-9-8-16-6-3-4-7-17(16)24-2/h3-4,6-7H,5,8-14H2,1-2H3,(H,19,23). The molecule has 1 aromatic carbocycles. The lowest BCUT2D eigenvalue weighted by atomic mass is 10.1. The van der Waals surface area contributed by atoms with E-state index in [-0.39, 0.29) is 11.8 Å². The SMILES string of the molecule is COc1ccccc1CCNC(=O)CN1CCCN(C(C)=O)CC1. The highest BCUT2D eigenvalue weighted by molar-refractivity contribution is 5.78. The average molecular weight is 333 g/mol. The summed E-state index contributed by atoms with van der Waals surface area (Å²) < 4.78 is 5.31. The molecule has 1 aliphatic rings. The van der Waals surface area contributed by atoms with Gasteiger partial charge in [0, 0.05) is 39.6 Å². The average Bonchev–Trinajstić information content (AvgIpc) is 2.81. The Bertz CT molecular complexity index is 562. The van der Waals surface area contributed by atoms with Gasteiger partial charge in [-0.2, -0.15) is 0 Å². The maximum Gasteiger partial charge on any atom is 0.234 e. The van der Waals surface area contributed by atoms with Gasteiger partial charge in [-0.1, -0.05) is 18.2 Å². The van der Waals surface area contributed by atoms with E-state index in [1.165, 1.54) is 0 Å². The largest absolute Gasteiger partial charge is 0.496 e. The van der Waals surface area contributed by atoms with E-state index in [0.29, 0.717) is 19.6 Å². The maximum absolute atomic E-state index is 12.1. The van der Waals surface area contributed by atoms with Crippen molar-refractivity contribution in [3.8, 4) is 5.75 Å². The normalized spacial score (nSPS) is 15.7. The number of carbonyl (C=O) groups is 2. The molecule has 0 unspecified atom stereocenters. The molecule has 1 aliphatic heterocycles. The molecule has 1 saturated heterocycles. The fraction of sp³-hybridized carbons (Fsp3) is 0.556. The van der Waals surface area contributed by atoms with E-state index in [0.717, 1.165) is 43.8 Å². The highest BCUT2D eigenvalue weighted by Crippen LogP contribution is 2.17. The summed E-state index contributed by atoms with van der Waals surface area (Å²) in [5, 5.41) is 2.97. The van der Waals surface area contributed by atoms with Crippen LogP contribution in [0.5, 0.6) is 5.75 Å². The number of methoxy groups -OCH3 is 1. The van der Waals surface area contributed by atoms with Crippen molar-refractivity contribution in [2.45, 2.75) is 19.8 Å². The van der Waals surface area contributed by atoms with Gasteiger partial charge in [0.05, 0.1) is 13.7 Å². The fourth-order valence-electron chi connectivity index (χ4n) is 2.95. The third kappa shape index (κ3) is 5.53. The number of benzene rings is 1. The van der Waals surface area contributed by atoms with Crippen LogP contribution in [0.3, 0.4) is 0 Å². The first-order valence-electron chi connectivity index (χ1n) is 8.46. The minimum atomic E-state index is 0.0289. The lowest BCUT2D eigenvalue weighted by Gasteiger charge is -2.20. The van der Waals surface area contributed by atoms with Crippen LogP contribution in [0.2, 0.25) is 0 Å². The summed E-state index contributed by atoms with van der Waals surface area (Å²) in [4.78, 5) is 27.5. The number of rotatable bonds is 6. The minimum Gasteiger partial charge on any atom is -0.496 e. The molecule has 0 bridgehead atoms. The Labute approximate surface area is 143 Å². The molecular formula is C18H27N3O3. The number of amides is 2. The van der Waals surface area contributed by atoms with E-state index < -0.39 is 0 Å². The zero-order chi connectivity index (χ0) is 17.4. The molecule has 1 N–H and O–H groups in total. The van der Waals surface area contributed by atoms with Gasteiger partial charge in [-0.25, -0.2) is 0 Å². The Morgan fingerprint density at radius 3 is 2.71 bits per heavy atom. The second kappa shape index (κ2) is 9.27. The molecule has 2 rings (SSSR count). The first kappa shape index (κ1) is 18.3. The zero-order valence-electron chi connectivity index (χ0n) is 14.6. The smallest absolute Gasteiger partial charge is 0.234 e. The van der Waals surface area contributed by atoms with E-state index in [9.17, 15) is 9.59 Å². The van der Waals surface area contributed by atoms with Crippen LogP contribution in [0.4, 0.5) is 0 Å². The van der Waals surface area contributed by atoms with Gasteiger partial charge >= 0.3 is 0 Å². The summed E-state index contributed by atoms with van der Waals surface area (Å²) >= 11 is 0. The molecule has 132 valence electrons. The Morgan fingerprint density at radius 2 is 1.96 bits per heavy atom. The van der Waals surface area contributed by atoms with Crippen molar-refractivity contribution < 1.29 is 14.3 Å². The van der Waals surface area contributed by atoms with Crippen molar-refractivity contribution in [3.05, 3.63) is 29.8 Å². The van der Waals surface area contributed by atoms with Crippen LogP contribution in [0.25, 0.3) is 0 Å². The molecule has 0 radical (unpaired) electrons. The fourth-order valence-corrected chi connectivity index (χ4v) is 2.95. The predicted molar refractivity (Wildman–Crippen MR) is 93.0 cm³/mol. The van der Waals surface area contributed by atoms with Gasteiger partial charge < -0.3 is 15.0 Å². The van der Waals surface area contributed by atoms with Crippen LogP contribution in [0, 0.1) is 0 Å². The van der Waals surface area contributed by atoms with E-state index >= 15 is 0 Å². The minimum absolute atomic E-state index is 0.0289. The molecule has 6 nitrogen and oxygen atoms in total. The van der Waals surface area contributed by atoms with Gasteiger partial charge in [0.15, 0.2) is 0 Å². The quantitative estimate of drug-likeness (QED) is 0.840. The summed E-state index contributed by atoms with van der Waals surface area (Å²) in [5.74, 6) is 0.989. The van der Waals surface area contributed by atoms with Gasteiger partial charge in [0.2, 0.25) is 11.8 Å². The molecule has 0 saturated carbocycles. The number of carbonyl (C=O) groups excluding carboxylic acids is 2. The summed E-state index contributed by atoms with van der Waals surface area (Å²) in [6.45, 7) is 5.65. The molecule has 6 heteroatoms. The van der Waals surface area contributed by atoms with E-state index in [1.54, 1.807) is 14.0 Å². The van der Waals surface area contributed by atoms with Crippen molar-refractivity contribution in [2.75, 3.05) is 46.4 Å². The maximum atomic E-state index is 12.1. The van der Waals surface area contributed by atoms with Crippen LogP contribution in [0.15, 0.2) is 24.3 Å². The number of ether oxygens (including phenoxy) is 1. The highest BCUT2D eigenvalue weighted by atomic mass is 16.5. The molecular weight excluding hydrogens is 306 g/mol. The predicted octanol–water partition coefficient (Wildman–Crippen LogP) is 0.908. The topological polar surface area (TPSA) is 61.9 Å². The molecule has 0 aliphatic carbocycles. The molecule has 0 spiro atoms. The second-order valence-electron chi connectivity index (χ2n) is 6.05. The van der Waals surface area contributed by atoms with E-state index in [1.807, 2.05) is 29.2 Å². The number of hydrogen-bond donors (Lipinski definition) is 1. The lowest BCUT2D eigenvalue weighted by molar-refractivity contribution is -0.128. The van der Waals surface area contributed by atoms with E-state index in [2.05, 4.69) is 10.2 Å². The zero-order valence-corrected chi connectivity index (χ0v) is 14.6. The second-order valence-corrected chi connectivity index (χ2v) is 6.05. The van der Waals surface area contributed by atoms with Gasteiger partial charge in [-0.15, -0.1) is 0 Å². The monoisotopic (exact) mass is 333 g/mol. The summed E-state index contributed by atoms with van der Waals surface area (Å²) in [5.41, 5.74) is 1.09. The van der Waals surface area contributed by atoms with Gasteiger partial charge in [0.1, 0.15) is 5.75 Å². The Kier molecular flexibility index (Phi) is 7.06. The van der Waals surface area contributed by atoms with Crippen molar-refractivity contribution in [2.24, 2.45) is 0 Å². The summed E-state index contributed by atoms with van der Waals surface area (Å²) in [7, 11) is 1.65. The van der Waals surface area contributed by atoms with Crippen LogP contribution >= 0.6 is 0 Å². The third-order valence-corrected chi connectivity index (χ3v) is 4.31. The summed E-state index contributed by atoms with van der Waals surface area (Å²) in [6.07, 6.45) is 1.65. The van der Waals surface area contributed by atoms with Gasteiger partial charge in [-0.3, -0.25) is 14.5 Å². The van der Waals surface area contributed by atoms with Crippen molar-refractivity contribution in [3.63, 3.8) is 0 Å². The number of nitrogens with zero attached hydrogens (tertiary/aromatic N) is 2. The molecule has 2 amide bonds. The van der Waals surface area contributed by atoms with Gasteiger partial charge in [-0.05, 0) is 24.5 Å². The van der Waals surface area contributed by atoms with E-state index in [4.69, 9.17) is 4.74 Å². The molecule has 1 heterocycles. The Hall–Kier alpha value is -2.08. The number of hydrogen-bond acceptors (Lipinski definition) is 4. The van der Waals surface area contributed by atoms with Crippen molar-refractivity contribution in [1.82, 2.24) is 15.1 Å². The molecule has 0 aromatic heterocycles. The van der Waals surface area contributed by atoms with Gasteiger partial charge in [0.25, 0.3) is 0 Å². The Balaban J connectivity index is 1.72. The van der Waals surface area contributed by atoms with Crippen LogP contribution in [0.1, 0.15) is 18.9 Å². The third-order valence-electron chi connectivity index (χ3n) is 4.31. The Morgan fingerprint density at radius 1 is 1.17 bits per heavy atom. The molecule has 0 atom stereocenters. The first-order valence-corrected chi connectivity index (χ1v) is 8.46. The first-order chi connectivity index (χ1) is 11.6. The highest BCUT2D eigenvalue weighted by Gasteiger charge is 2.18. The number of para-hydroxylation sites is 1. The molecule has 1 fully saturated rings. The van der Waals surface area contributed by atoms with Crippen LogP contribution < -0.4 is 10.1 Å².